The number of pyridine rings is 1. The third kappa shape index (κ3) is 2.63. The molecule has 0 amide bonds. The summed E-state index contributed by atoms with van der Waals surface area (Å²) in [5.74, 6) is 1.12. The van der Waals surface area contributed by atoms with Crippen LogP contribution in [0.15, 0.2) is 36.5 Å². The van der Waals surface area contributed by atoms with Crippen molar-refractivity contribution in [3.05, 3.63) is 42.1 Å². The Morgan fingerprint density at radius 2 is 2.22 bits per heavy atom. The fourth-order valence-corrected chi connectivity index (χ4v) is 1.61. The molecule has 0 unspecified atom stereocenters. The van der Waals surface area contributed by atoms with E-state index in [1.54, 1.807) is 18.3 Å². The average Bonchev–Trinajstić information content (AvgIpc) is 2.41. The van der Waals surface area contributed by atoms with Crippen LogP contribution in [0.2, 0.25) is 0 Å². The summed E-state index contributed by atoms with van der Waals surface area (Å²) in [6.07, 6.45) is 1.72. The molecule has 1 heterocycles. The van der Waals surface area contributed by atoms with E-state index >= 15 is 0 Å². The van der Waals surface area contributed by atoms with E-state index in [0.717, 1.165) is 11.4 Å². The highest BCUT2D eigenvalue weighted by Crippen LogP contribution is 2.33. The Bertz CT molecular complexity index is 529. The molecule has 0 radical (unpaired) electrons. The van der Waals surface area contributed by atoms with E-state index in [0.29, 0.717) is 18.0 Å². The SMILES string of the molecule is COc1cc(CNc2ccccn2)cc(N)c1O. The molecule has 4 N–H and O–H groups in total. The molecule has 5 nitrogen and oxygen atoms in total. The van der Waals surface area contributed by atoms with Gasteiger partial charge in [0.1, 0.15) is 5.82 Å². The maximum Gasteiger partial charge on any atom is 0.181 e. The number of benzene rings is 1. The minimum Gasteiger partial charge on any atom is -0.503 e. The summed E-state index contributed by atoms with van der Waals surface area (Å²) in [5.41, 5.74) is 6.90. The van der Waals surface area contributed by atoms with Crippen molar-refractivity contribution < 1.29 is 9.84 Å². The molecule has 0 bridgehead atoms. The lowest BCUT2D eigenvalue weighted by Crippen LogP contribution is -2.02. The zero-order chi connectivity index (χ0) is 13.0. The minimum absolute atomic E-state index is 0.0286. The van der Waals surface area contributed by atoms with Crippen molar-refractivity contribution in [1.82, 2.24) is 4.98 Å². The molecule has 0 fully saturated rings. The third-order valence-electron chi connectivity index (χ3n) is 2.52. The van der Waals surface area contributed by atoms with Crippen LogP contribution in [0.3, 0.4) is 0 Å². The number of phenols is 1. The van der Waals surface area contributed by atoms with Crippen LogP contribution < -0.4 is 15.8 Å². The van der Waals surface area contributed by atoms with Gasteiger partial charge in [-0.2, -0.15) is 0 Å². The predicted octanol–water partition coefficient (Wildman–Crippen LogP) is 1.99. The maximum absolute atomic E-state index is 9.62. The van der Waals surface area contributed by atoms with Gasteiger partial charge in [0.25, 0.3) is 0 Å². The number of hydrogen-bond donors (Lipinski definition) is 3. The Morgan fingerprint density at radius 1 is 1.39 bits per heavy atom. The zero-order valence-electron chi connectivity index (χ0n) is 10.1. The van der Waals surface area contributed by atoms with E-state index in [-0.39, 0.29) is 5.75 Å². The summed E-state index contributed by atoms with van der Waals surface area (Å²) in [6.45, 7) is 0.553. The summed E-state index contributed by atoms with van der Waals surface area (Å²) in [7, 11) is 1.49. The monoisotopic (exact) mass is 245 g/mol. The van der Waals surface area contributed by atoms with Gasteiger partial charge in [0.15, 0.2) is 11.5 Å². The molecule has 2 rings (SSSR count). The lowest BCUT2D eigenvalue weighted by atomic mass is 10.1. The van der Waals surface area contributed by atoms with Crippen LogP contribution in [0.25, 0.3) is 0 Å². The Kier molecular flexibility index (Phi) is 3.52. The molecule has 0 aliphatic rings. The molecular weight excluding hydrogens is 230 g/mol. The van der Waals surface area contributed by atoms with Crippen LogP contribution in [0.1, 0.15) is 5.56 Å². The number of hydrogen-bond acceptors (Lipinski definition) is 5. The van der Waals surface area contributed by atoms with E-state index in [4.69, 9.17) is 10.5 Å². The quantitative estimate of drug-likeness (QED) is 0.567. The molecule has 0 saturated carbocycles. The highest BCUT2D eigenvalue weighted by atomic mass is 16.5. The van der Waals surface area contributed by atoms with Crippen molar-refractivity contribution in [3.63, 3.8) is 0 Å². The van der Waals surface area contributed by atoms with Crippen molar-refractivity contribution in [1.29, 1.82) is 0 Å². The average molecular weight is 245 g/mol. The topological polar surface area (TPSA) is 80.4 Å². The van der Waals surface area contributed by atoms with Crippen molar-refractivity contribution in [2.75, 3.05) is 18.2 Å². The summed E-state index contributed by atoms with van der Waals surface area (Å²) in [4.78, 5) is 4.15. The van der Waals surface area contributed by atoms with Crippen LogP contribution in [0.4, 0.5) is 11.5 Å². The van der Waals surface area contributed by atoms with Gasteiger partial charge in [-0.15, -0.1) is 0 Å². The maximum atomic E-state index is 9.62. The van der Waals surface area contributed by atoms with Crippen molar-refractivity contribution >= 4 is 11.5 Å². The number of methoxy groups -OCH3 is 1. The first kappa shape index (κ1) is 12.0. The van der Waals surface area contributed by atoms with E-state index in [1.165, 1.54) is 7.11 Å². The van der Waals surface area contributed by atoms with Crippen LogP contribution in [0, 0.1) is 0 Å². The van der Waals surface area contributed by atoms with Gasteiger partial charge in [-0.3, -0.25) is 0 Å². The second-order valence-electron chi connectivity index (χ2n) is 3.80. The fraction of sp³-hybridized carbons (Fsp3) is 0.154. The number of nitrogens with zero attached hydrogens (tertiary/aromatic N) is 1. The van der Waals surface area contributed by atoms with Crippen LogP contribution >= 0.6 is 0 Å². The standard InChI is InChI=1S/C13H15N3O2/c1-18-11-7-9(6-10(14)13(11)17)8-16-12-4-2-3-5-15-12/h2-7,17H,8,14H2,1H3,(H,15,16). The molecule has 0 spiro atoms. The number of ether oxygens (including phenoxy) is 1. The van der Waals surface area contributed by atoms with Crippen molar-refractivity contribution in [2.45, 2.75) is 6.54 Å². The number of phenolic OH excluding ortho intramolecular Hbond substituents is 1. The zero-order valence-corrected chi connectivity index (χ0v) is 10.1. The van der Waals surface area contributed by atoms with E-state index in [2.05, 4.69) is 10.3 Å². The smallest absolute Gasteiger partial charge is 0.181 e. The molecule has 0 atom stereocenters. The Hall–Kier alpha value is -2.43. The molecule has 1 aromatic carbocycles. The van der Waals surface area contributed by atoms with Crippen LogP contribution in [-0.4, -0.2) is 17.2 Å². The second-order valence-corrected chi connectivity index (χ2v) is 3.80. The fourth-order valence-electron chi connectivity index (χ4n) is 1.61. The summed E-state index contributed by atoms with van der Waals surface area (Å²) < 4.78 is 5.05. The van der Waals surface area contributed by atoms with Gasteiger partial charge in [-0.25, -0.2) is 4.98 Å². The summed E-state index contributed by atoms with van der Waals surface area (Å²) in [6, 6.07) is 9.07. The molecular formula is C13H15N3O2. The van der Waals surface area contributed by atoms with Crippen molar-refractivity contribution in [2.24, 2.45) is 0 Å². The van der Waals surface area contributed by atoms with Gasteiger partial charge in [-0.05, 0) is 29.8 Å². The molecule has 0 aliphatic heterocycles. The molecule has 0 saturated heterocycles. The number of aromatic hydroxyl groups is 1. The van der Waals surface area contributed by atoms with Gasteiger partial charge < -0.3 is 20.9 Å². The second kappa shape index (κ2) is 5.27. The number of nitrogen functional groups attached to an aromatic ring is 1. The van der Waals surface area contributed by atoms with Gasteiger partial charge in [0, 0.05) is 12.7 Å². The third-order valence-corrected chi connectivity index (χ3v) is 2.52. The highest BCUT2D eigenvalue weighted by Gasteiger charge is 2.07. The van der Waals surface area contributed by atoms with E-state index in [9.17, 15) is 5.11 Å². The number of aromatic nitrogens is 1. The number of nitrogens with two attached hydrogens (primary N) is 1. The lowest BCUT2D eigenvalue weighted by Gasteiger charge is -2.10. The van der Waals surface area contributed by atoms with Crippen LogP contribution in [-0.2, 0) is 6.54 Å². The highest BCUT2D eigenvalue weighted by molar-refractivity contribution is 5.61. The number of anilines is 2. The number of nitrogens with one attached hydrogen (secondary N) is 1. The van der Waals surface area contributed by atoms with Gasteiger partial charge in [0.2, 0.25) is 0 Å². The van der Waals surface area contributed by atoms with Gasteiger partial charge >= 0.3 is 0 Å². The lowest BCUT2D eigenvalue weighted by molar-refractivity contribution is 0.374. The minimum atomic E-state index is -0.0286. The molecule has 94 valence electrons. The Balaban J connectivity index is 2.13. The predicted molar refractivity (Wildman–Crippen MR) is 70.6 cm³/mol. The first-order valence-corrected chi connectivity index (χ1v) is 5.51. The molecule has 5 heteroatoms. The Morgan fingerprint density at radius 3 is 2.89 bits per heavy atom. The first-order chi connectivity index (χ1) is 8.70. The van der Waals surface area contributed by atoms with Crippen molar-refractivity contribution in [3.8, 4) is 11.5 Å². The molecule has 0 aliphatic carbocycles. The molecule has 2 aromatic rings. The Labute approximate surface area is 105 Å². The van der Waals surface area contributed by atoms with E-state index in [1.807, 2.05) is 18.2 Å². The summed E-state index contributed by atoms with van der Waals surface area (Å²) in [5, 5.41) is 12.8. The van der Waals surface area contributed by atoms with Crippen LogP contribution in [0.5, 0.6) is 11.5 Å². The van der Waals surface area contributed by atoms with Gasteiger partial charge in [-0.1, -0.05) is 6.07 Å². The summed E-state index contributed by atoms with van der Waals surface area (Å²) >= 11 is 0. The first-order valence-electron chi connectivity index (χ1n) is 5.51. The van der Waals surface area contributed by atoms with E-state index < -0.39 is 0 Å². The normalized spacial score (nSPS) is 10.1. The molecule has 18 heavy (non-hydrogen) atoms. The number of rotatable bonds is 4. The van der Waals surface area contributed by atoms with Gasteiger partial charge in [0.05, 0.1) is 12.8 Å². The molecule has 1 aromatic heterocycles. The largest absolute Gasteiger partial charge is 0.503 e.